The maximum absolute atomic E-state index is 12.6. The van der Waals surface area contributed by atoms with Crippen molar-refractivity contribution in [2.24, 2.45) is 0 Å². The maximum Gasteiger partial charge on any atom is 0.238 e. The fourth-order valence-electron chi connectivity index (χ4n) is 4.20. The number of carbonyl (C=O) groups is 1. The molecule has 0 bridgehead atoms. The Morgan fingerprint density at radius 1 is 1.03 bits per heavy atom. The zero-order valence-corrected chi connectivity index (χ0v) is 17.5. The predicted molar refractivity (Wildman–Crippen MR) is 122 cm³/mol. The quantitative estimate of drug-likeness (QED) is 0.536. The minimum Gasteiger partial charge on any atom is -0.450 e. The molecule has 31 heavy (non-hydrogen) atoms. The van der Waals surface area contributed by atoms with Gasteiger partial charge in [-0.25, -0.2) is 9.97 Å². The number of amides is 1. The number of aryl methyl sites for hydroxylation is 1. The first-order valence-electron chi connectivity index (χ1n) is 10.7. The topological polar surface area (TPSA) is 74.5 Å². The third kappa shape index (κ3) is 3.84. The van der Waals surface area contributed by atoms with Crippen molar-refractivity contribution >= 4 is 39.5 Å². The molecule has 4 aromatic rings. The third-order valence-electron chi connectivity index (χ3n) is 5.85. The van der Waals surface area contributed by atoms with Crippen LogP contribution in [0.5, 0.6) is 0 Å². The van der Waals surface area contributed by atoms with Gasteiger partial charge in [0, 0.05) is 37.3 Å². The molecule has 7 heteroatoms. The van der Waals surface area contributed by atoms with E-state index in [1.54, 1.807) is 6.33 Å². The molecule has 1 saturated heterocycles. The Labute approximate surface area is 180 Å². The lowest BCUT2D eigenvalue weighted by atomic mass is 10.1. The van der Waals surface area contributed by atoms with Crippen molar-refractivity contribution < 1.29 is 9.21 Å². The van der Waals surface area contributed by atoms with Crippen LogP contribution in [-0.2, 0) is 11.2 Å². The second-order valence-electron chi connectivity index (χ2n) is 7.80. The highest BCUT2D eigenvalue weighted by atomic mass is 16.3. The summed E-state index contributed by atoms with van der Waals surface area (Å²) >= 11 is 0. The molecule has 5 rings (SSSR count). The summed E-state index contributed by atoms with van der Waals surface area (Å²) in [6, 6.07) is 15.9. The van der Waals surface area contributed by atoms with Crippen molar-refractivity contribution in [3.05, 3.63) is 60.4 Å². The Bertz CT molecular complexity index is 1230. The second-order valence-corrected chi connectivity index (χ2v) is 7.80. The Morgan fingerprint density at radius 3 is 2.65 bits per heavy atom. The van der Waals surface area contributed by atoms with E-state index in [4.69, 9.17) is 4.42 Å². The highest BCUT2D eigenvalue weighted by Crippen LogP contribution is 2.32. The first-order valence-corrected chi connectivity index (χ1v) is 10.7. The number of hydrogen-bond donors (Lipinski definition) is 1. The number of anilines is 2. The number of aromatic nitrogens is 2. The van der Waals surface area contributed by atoms with E-state index in [-0.39, 0.29) is 5.91 Å². The van der Waals surface area contributed by atoms with Crippen molar-refractivity contribution in [1.29, 1.82) is 0 Å². The van der Waals surface area contributed by atoms with Gasteiger partial charge in [0.05, 0.1) is 6.54 Å². The molecule has 0 aliphatic carbocycles. The largest absolute Gasteiger partial charge is 0.450 e. The number of carbonyl (C=O) groups excluding carboxylic acids is 1. The van der Waals surface area contributed by atoms with E-state index >= 15 is 0 Å². The summed E-state index contributed by atoms with van der Waals surface area (Å²) in [5.41, 5.74) is 4.45. The number of nitrogens with one attached hydrogen (secondary N) is 1. The van der Waals surface area contributed by atoms with Gasteiger partial charge in [0.1, 0.15) is 17.4 Å². The number of para-hydroxylation sites is 2. The number of hydrogen-bond acceptors (Lipinski definition) is 6. The molecule has 1 aliphatic rings. The Morgan fingerprint density at radius 2 is 1.81 bits per heavy atom. The number of furan rings is 1. The number of rotatable bonds is 5. The minimum absolute atomic E-state index is 0.0241. The fourth-order valence-corrected chi connectivity index (χ4v) is 4.20. The standard InChI is InChI=1S/C24H25N5O2/c1-2-17-7-3-5-9-19(17)27-21(30)15-28-11-13-29(14-12-28)24-23-22(25-16-26-24)18-8-4-6-10-20(18)31-23/h3-10,16H,2,11-15H2,1H3,(H,27,30). The second kappa shape index (κ2) is 8.35. The number of benzene rings is 2. The summed E-state index contributed by atoms with van der Waals surface area (Å²) in [7, 11) is 0. The molecule has 158 valence electrons. The van der Waals surface area contributed by atoms with Crippen LogP contribution in [0.4, 0.5) is 11.5 Å². The lowest BCUT2D eigenvalue weighted by molar-refractivity contribution is -0.117. The van der Waals surface area contributed by atoms with Gasteiger partial charge < -0.3 is 14.6 Å². The van der Waals surface area contributed by atoms with Crippen LogP contribution in [0.15, 0.2) is 59.3 Å². The van der Waals surface area contributed by atoms with Crippen molar-refractivity contribution in [3.63, 3.8) is 0 Å². The molecule has 2 aromatic heterocycles. The van der Waals surface area contributed by atoms with Crippen LogP contribution in [0.25, 0.3) is 22.1 Å². The zero-order chi connectivity index (χ0) is 21.2. The van der Waals surface area contributed by atoms with E-state index in [2.05, 4.69) is 38.1 Å². The average Bonchev–Trinajstić information content (AvgIpc) is 3.19. The smallest absolute Gasteiger partial charge is 0.238 e. The highest BCUT2D eigenvalue weighted by molar-refractivity contribution is 6.05. The maximum atomic E-state index is 12.6. The van der Waals surface area contributed by atoms with Crippen molar-refractivity contribution in [2.75, 3.05) is 42.9 Å². The lowest BCUT2D eigenvalue weighted by Crippen LogP contribution is -2.49. The number of piperazine rings is 1. The first kappa shape index (κ1) is 19.5. The molecule has 3 heterocycles. The van der Waals surface area contributed by atoms with Crippen LogP contribution in [0.3, 0.4) is 0 Å². The predicted octanol–water partition coefficient (Wildman–Crippen LogP) is 3.70. The molecule has 2 aromatic carbocycles. The van der Waals surface area contributed by atoms with E-state index in [9.17, 15) is 4.79 Å². The van der Waals surface area contributed by atoms with Crippen LogP contribution in [0.2, 0.25) is 0 Å². The zero-order valence-electron chi connectivity index (χ0n) is 17.5. The Hall–Kier alpha value is -3.45. The summed E-state index contributed by atoms with van der Waals surface area (Å²) in [6.45, 7) is 5.61. The average molecular weight is 415 g/mol. The molecular weight excluding hydrogens is 390 g/mol. The van der Waals surface area contributed by atoms with E-state index in [1.165, 1.54) is 0 Å². The third-order valence-corrected chi connectivity index (χ3v) is 5.85. The molecular formula is C24H25N5O2. The summed E-state index contributed by atoms with van der Waals surface area (Å²) in [6.07, 6.45) is 2.49. The van der Waals surface area contributed by atoms with Crippen molar-refractivity contribution in [3.8, 4) is 0 Å². The van der Waals surface area contributed by atoms with Crippen LogP contribution in [0, 0.1) is 0 Å². The van der Waals surface area contributed by atoms with Gasteiger partial charge in [0.15, 0.2) is 11.4 Å². The molecule has 1 N–H and O–H groups in total. The Balaban J connectivity index is 1.25. The minimum atomic E-state index is 0.0241. The van der Waals surface area contributed by atoms with Gasteiger partial charge in [-0.15, -0.1) is 0 Å². The molecule has 0 radical (unpaired) electrons. The van der Waals surface area contributed by atoms with Crippen molar-refractivity contribution in [1.82, 2.24) is 14.9 Å². The van der Waals surface area contributed by atoms with Crippen LogP contribution in [-0.4, -0.2) is 53.5 Å². The molecule has 0 spiro atoms. The molecule has 0 atom stereocenters. The van der Waals surface area contributed by atoms with E-state index in [0.29, 0.717) is 6.54 Å². The van der Waals surface area contributed by atoms with Crippen molar-refractivity contribution in [2.45, 2.75) is 13.3 Å². The molecule has 1 fully saturated rings. The molecule has 1 aliphatic heterocycles. The van der Waals surface area contributed by atoms with Gasteiger partial charge in [-0.1, -0.05) is 37.3 Å². The molecule has 0 saturated carbocycles. The first-order chi connectivity index (χ1) is 15.2. The summed E-state index contributed by atoms with van der Waals surface area (Å²) < 4.78 is 6.07. The van der Waals surface area contributed by atoms with Crippen LogP contribution < -0.4 is 10.2 Å². The van der Waals surface area contributed by atoms with Gasteiger partial charge in [0.25, 0.3) is 0 Å². The van der Waals surface area contributed by atoms with Gasteiger partial charge in [-0.05, 0) is 30.2 Å². The normalized spacial score (nSPS) is 14.9. The number of nitrogens with zero attached hydrogens (tertiary/aromatic N) is 4. The molecule has 7 nitrogen and oxygen atoms in total. The summed E-state index contributed by atoms with van der Waals surface area (Å²) in [4.78, 5) is 25.9. The van der Waals surface area contributed by atoms with Gasteiger partial charge in [0.2, 0.25) is 5.91 Å². The summed E-state index contributed by atoms with van der Waals surface area (Å²) in [5.74, 6) is 0.846. The van der Waals surface area contributed by atoms with E-state index in [0.717, 1.165) is 71.7 Å². The Kier molecular flexibility index (Phi) is 5.26. The fraction of sp³-hybridized carbons (Fsp3) is 0.292. The van der Waals surface area contributed by atoms with Gasteiger partial charge in [-0.3, -0.25) is 9.69 Å². The monoisotopic (exact) mass is 415 g/mol. The number of fused-ring (bicyclic) bond motifs is 3. The lowest BCUT2D eigenvalue weighted by Gasteiger charge is -2.34. The van der Waals surface area contributed by atoms with E-state index < -0.39 is 0 Å². The van der Waals surface area contributed by atoms with Crippen LogP contribution >= 0.6 is 0 Å². The SMILES string of the molecule is CCc1ccccc1NC(=O)CN1CCN(c2ncnc3c2oc2ccccc23)CC1. The highest BCUT2D eigenvalue weighted by Gasteiger charge is 2.23. The molecule has 1 amide bonds. The summed E-state index contributed by atoms with van der Waals surface area (Å²) in [5, 5.41) is 4.06. The van der Waals surface area contributed by atoms with E-state index in [1.807, 2.05) is 42.5 Å². The van der Waals surface area contributed by atoms with Gasteiger partial charge in [-0.2, -0.15) is 0 Å². The molecule has 0 unspecified atom stereocenters. The van der Waals surface area contributed by atoms with Crippen LogP contribution in [0.1, 0.15) is 12.5 Å². The van der Waals surface area contributed by atoms with Gasteiger partial charge >= 0.3 is 0 Å².